The average Bonchev–Trinajstić information content (AvgIpc) is 2.36. The van der Waals surface area contributed by atoms with Gasteiger partial charge in [-0.05, 0) is 62.8 Å². The lowest BCUT2D eigenvalue weighted by molar-refractivity contribution is 1.29. The van der Waals surface area contributed by atoms with E-state index in [2.05, 4.69) is 48.8 Å². The zero-order chi connectivity index (χ0) is 13.1. The number of hydrogen-bond donors (Lipinski definition) is 2. The zero-order valence-electron chi connectivity index (χ0n) is 9.11. The number of aromatic nitrogens is 1. The summed E-state index contributed by atoms with van der Waals surface area (Å²) in [4.78, 5) is 4.13. The highest BCUT2D eigenvalue weighted by atomic mass is 127. The maximum absolute atomic E-state index is 8.90. The van der Waals surface area contributed by atoms with Gasteiger partial charge in [0, 0.05) is 19.9 Å². The van der Waals surface area contributed by atoms with Crippen LogP contribution in [0.3, 0.4) is 0 Å². The summed E-state index contributed by atoms with van der Waals surface area (Å²) in [5, 5.41) is 12.0. The molecule has 0 bridgehead atoms. The van der Waals surface area contributed by atoms with Gasteiger partial charge < -0.3 is 11.1 Å². The van der Waals surface area contributed by atoms with Gasteiger partial charge in [0.1, 0.15) is 6.07 Å². The van der Waals surface area contributed by atoms with Crippen molar-refractivity contribution in [1.82, 2.24) is 4.98 Å². The molecule has 2 aromatic rings. The topological polar surface area (TPSA) is 74.7 Å². The van der Waals surface area contributed by atoms with Crippen molar-refractivity contribution in [2.24, 2.45) is 0 Å². The number of nitrogen functional groups attached to an aromatic ring is 1. The number of pyridine rings is 1. The van der Waals surface area contributed by atoms with Crippen molar-refractivity contribution in [1.29, 1.82) is 5.26 Å². The normalized spacial score (nSPS) is 9.83. The van der Waals surface area contributed by atoms with Gasteiger partial charge in [-0.2, -0.15) is 5.26 Å². The third-order valence-electron chi connectivity index (χ3n) is 2.29. The maximum atomic E-state index is 8.90. The highest BCUT2D eigenvalue weighted by Gasteiger charge is 2.06. The van der Waals surface area contributed by atoms with Gasteiger partial charge >= 0.3 is 0 Å². The molecule has 3 N–H and O–H groups in total. The molecule has 4 nitrogen and oxygen atoms in total. The van der Waals surface area contributed by atoms with E-state index in [1.807, 2.05) is 24.3 Å². The summed E-state index contributed by atoms with van der Waals surface area (Å²) in [6.45, 7) is 0. The van der Waals surface area contributed by atoms with Crippen LogP contribution in [0.1, 0.15) is 5.56 Å². The zero-order valence-corrected chi connectivity index (χ0v) is 12.9. The minimum Gasteiger partial charge on any atom is -0.395 e. The number of nitrogens with zero attached hydrogens (tertiary/aromatic N) is 2. The van der Waals surface area contributed by atoms with Crippen LogP contribution < -0.4 is 11.1 Å². The molecule has 2 rings (SSSR count). The van der Waals surface area contributed by atoms with E-state index in [0.29, 0.717) is 17.1 Å². The van der Waals surface area contributed by atoms with Crippen molar-refractivity contribution < 1.29 is 0 Å². The fraction of sp³-hybridized carbons (Fsp3) is 0. The van der Waals surface area contributed by atoms with Gasteiger partial charge in [0.25, 0.3) is 0 Å². The summed E-state index contributed by atoms with van der Waals surface area (Å²) >= 11 is 5.69. The first kappa shape index (κ1) is 13.1. The van der Waals surface area contributed by atoms with Crippen molar-refractivity contribution in [3.8, 4) is 6.07 Å². The Bertz CT molecular complexity index is 636. The monoisotopic (exact) mass is 414 g/mol. The lowest BCUT2D eigenvalue weighted by atomic mass is 10.2. The molecule has 1 aromatic carbocycles. The molecule has 0 amide bonds. The predicted molar refractivity (Wildman–Crippen MR) is 83.5 cm³/mol. The van der Waals surface area contributed by atoms with Gasteiger partial charge in [0.05, 0.1) is 11.3 Å². The van der Waals surface area contributed by atoms with Crippen LogP contribution in [0, 0.1) is 14.9 Å². The van der Waals surface area contributed by atoms with Crippen molar-refractivity contribution in [2.45, 2.75) is 0 Å². The van der Waals surface area contributed by atoms with Crippen LogP contribution >= 0.6 is 38.5 Å². The molecule has 18 heavy (non-hydrogen) atoms. The molecule has 1 aromatic heterocycles. The Labute approximate surface area is 126 Å². The van der Waals surface area contributed by atoms with E-state index in [1.165, 1.54) is 0 Å². The fourth-order valence-corrected chi connectivity index (χ4v) is 2.10. The van der Waals surface area contributed by atoms with E-state index in [9.17, 15) is 0 Å². The Morgan fingerprint density at radius 2 is 2.17 bits per heavy atom. The molecule has 0 saturated carbocycles. The smallest absolute Gasteiger partial charge is 0.154 e. The Hall–Kier alpha value is -1.33. The molecule has 0 unspecified atom stereocenters. The van der Waals surface area contributed by atoms with Crippen LogP contribution in [0.4, 0.5) is 17.2 Å². The van der Waals surface area contributed by atoms with Gasteiger partial charge in [-0.15, -0.1) is 0 Å². The molecule has 0 atom stereocenters. The molecule has 1 heterocycles. The first-order chi connectivity index (χ1) is 8.61. The molecule has 90 valence electrons. The van der Waals surface area contributed by atoms with Gasteiger partial charge in [0.15, 0.2) is 5.82 Å². The summed E-state index contributed by atoms with van der Waals surface area (Å²) < 4.78 is 2.10. The van der Waals surface area contributed by atoms with Crippen molar-refractivity contribution in [3.63, 3.8) is 0 Å². The number of hydrogen-bond acceptors (Lipinski definition) is 4. The van der Waals surface area contributed by atoms with Crippen molar-refractivity contribution in [3.05, 3.63) is 44.1 Å². The number of benzene rings is 1. The fourth-order valence-electron chi connectivity index (χ4n) is 1.38. The molecule has 0 radical (unpaired) electrons. The second-order valence-corrected chi connectivity index (χ2v) is 5.50. The number of anilines is 3. The predicted octanol–water partition coefficient (Wildman–Crippen LogP) is 3.65. The Morgan fingerprint density at radius 1 is 1.39 bits per heavy atom. The maximum Gasteiger partial charge on any atom is 0.154 e. The molecule has 0 aliphatic heterocycles. The molecular weight excluding hydrogens is 407 g/mol. The lowest BCUT2D eigenvalue weighted by Crippen LogP contribution is -2.01. The van der Waals surface area contributed by atoms with Crippen LogP contribution in [0.2, 0.25) is 0 Å². The van der Waals surface area contributed by atoms with Gasteiger partial charge in [-0.25, -0.2) is 4.98 Å². The van der Waals surface area contributed by atoms with Gasteiger partial charge in [-0.3, -0.25) is 0 Å². The third-order valence-corrected chi connectivity index (χ3v) is 4.63. The van der Waals surface area contributed by atoms with E-state index in [4.69, 9.17) is 11.0 Å². The van der Waals surface area contributed by atoms with Crippen LogP contribution in [0.25, 0.3) is 0 Å². The minimum absolute atomic E-state index is 0.356. The third kappa shape index (κ3) is 2.73. The molecule has 0 spiro atoms. The van der Waals surface area contributed by atoms with Crippen LogP contribution in [0.15, 0.2) is 34.9 Å². The summed E-state index contributed by atoms with van der Waals surface area (Å²) in [7, 11) is 0. The van der Waals surface area contributed by atoms with Crippen molar-refractivity contribution in [2.75, 3.05) is 11.1 Å². The number of halogens is 2. The molecule has 6 heteroatoms. The first-order valence-electron chi connectivity index (χ1n) is 4.98. The Balaban J connectivity index is 2.35. The van der Waals surface area contributed by atoms with Gasteiger partial charge in [-0.1, -0.05) is 0 Å². The largest absolute Gasteiger partial charge is 0.395 e. The summed E-state index contributed by atoms with van der Waals surface area (Å²) in [6.07, 6.45) is 1.55. The minimum atomic E-state index is 0.356. The van der Waals surface area contributed by atoms with E-state index in [1.54, 1.807) is 12.3 Å². The quantitative estimate of drug-likeness (QED) is 0.735. The second kappa shape index (κ2) is 5.54. The highest BCUT2D eigenvalue weighted by Crippen LogP contribution is 2.27. The van der Waals surface area contributed by atoms with Crippen LogP contribution in [-0.2, 0) is 0 Å². The Kier molecular flexibility index (Phi) is 4.04. The summed E-state index contributed by atoms with van der Waals surface area (Å²) in [5.41, 5.74) is 7.48. The van der Waals surface area contributed by atoms with E-state index < -0.39 is 0 Å². The Morgan fingerprint density at radius 3 is 2.83 bits per heavy atom. The second-order valence-electron chi connectivity index (χ2n) is 3.49. The number of nitrogens with two attached hydrogens (primary N) is 1. The van der Waals surface area contributed by atoms with E-state index in [0.717, 1.165) is 13.7 Å². The molecule has 0 fully saturated rings. The molecule has 0 aliphatic carbocycles. The average molecular weight is 415 g/mol. The number of nitrogens with one attached hydrogen (secondary N) is 1. The van der Waals surface area contributed by atoms with Crippen LogP contribution in [-0.4, -0.2) is 4.98 Å². The molecule has 0 saturated heterocycles. The van der Waals surface area contributed by atoms with E-state index in [-0.39, 0.29) is 0 Å². The summed E-state index contributed by atoms with van der Waals surface area (Å²) in [5.74, 6) is 0.488. The SMILES string of the molecule is N#Cc1ccnc(Nc2ccc(I)c(Br)c2)c1N. The number of rotatable bonds is 2. The molecule has 0 aliphatic rings. The van der Waals surface area contributed by atoms with Gasteiger partial charge in [0.2, 0.25) is 0 Å². The standard InChI is InChI=1S/C12H8BrIN4/c13-9-5-8(1-2-10(9)14)18-12-11(16)7(6-15)3-4-17-12/h1-5H,16H2,(H,17,18). The molecular formula is C12H8BrIN4. The highest BCUT2D eigenvalue weighted by molar-refractivity contribution is 14.1. The number of nitriles is 1. The van der Waals surface area contributed by atoms with Crippen molar-refractivity contribution >= 4 is 55.7 Å². The first-order valence-corrected chi connectivity index (χ1v) is 6.85. The van der Waals surface area contributed by atoms with E-state index >= 15 is 0 Å². The lowest BCUT2D eigenvalue weighted by Gasteiger charge is -2.09. The van der Waals surface area contributed by atoms with Crippen LogP contribution in [0.5, 0.6) is 0 Å². The summed E-state index contributed by atoms with van der Waals surface area (Å²) in [6, 6.07) is 9.44.